The fourth-order valence-electron chi connectivity index (χ4n) is 17.7. The lowest BCUT2D eigenvalue weighted by Crippen LogP contribution is -2.40. The van der Waals surface area contributed by atoms with Gasteiger partial charge in [-0.2, -0.15) is 0 Å². The molecule has 0 aliphatic carbocycles. The van der Waals surface area contributed by atoms with Crippen LogP contribution >= 0.6 is 0 Å². The zero-order valence-corrected chi connectivity index (χ0v) is 71.6. The summed E-state index contributed by atoms with van der Waals surface area (Å²) in [5.41, 5.74) is 16.3. The molecule has 6 saturated heterocycles. The predicted octanol–water partition coefficient (Wildman–Crippen LogP) is 25.6. The van der Waals surface area contributed by atoms with E-state index in [1.807, 2.05) is 25.1 Å². The third-order valence-corrected chi connectivity index (χ3v) is 22.5. The number of allylic oxidation sites excluding steroid dienone is 2. The molecule has 0 N–H and O–H groups in total. The molecule has 0 aromatic heterocycles. The summed E-state index contributed by atoms with van der Waals surface area (Å²) in [5, 5.41) is 0. The van der Waals surface area contributed by atoms with Crippen molar-refractivity contribution in [2.24, 2.45) is 0 Å². The van der Waals surface area contributed by atoms with Crippen LogP contribution in [0.3, 0.4) is 0 Å². The number of benzene rings is 6. The lowest BCUT2D eigenvalue weighted by Gasteiger charge is -2.37. The summed E-state index contributed by atoms with van der Waals surface area (Å²) in [6, 6.07) is 54.9. The molecule has 6 fully saturated rings. The van der Waals surface area contributed by atoms with Crippen LogP contribution in [0.15, 0.2) is 164 Å². The van der Waals surface area contributed by atoms with Crippen LogP contribution in [0, 0.1) is 12.3 Å². The smallest absolute Gasteiger partial charge is 0.124 e. The zero-order valence-electron chi connectivity index (χ0n) is 71.6. The van der Waals surface area contributed by atoms with E-state index in [1.54, 1.807) is 7.11 Å². The van der Waals surface area contributed by atoms with E-state index in [4.69, 9.17) is 15.9 Å². The highest BCUT2D eigenvalue weighted by Crippen LogP contribution is 2.46. The first-order valence-electron chi connectivity index (χ1n) is 41.3. The number of likely N-dealkylation sites (tertiary alicyclic amines) is 6. The van der Waals surface area contributed by atoms with Gasteiger partial charge >= 0.3 is 0 Å². The average Bonchev–Trinajstić information content (AvgIpc) is 1.81. The number of hydrogen-bond acceptors (Lipinski definition) is 8. The van der Waals surface area contributed by atoms with Crippen LogP contribution in [0.1, 0.15) is 328 Å². The normalized spacial score (nSPS) is 21.3. The van der Waals surface area contributed by atoms with Crippen LogP contribution in [0.5, 0.6) is 11.5 Å². The van der Waals surface area contributed by atoms with Gasteiger partial charge in [0, 0.05) is 86.2 Å². The molecule has 6 unspecified atom stereocenters. The number of terminal acetylenes is 1. The Morgan fingerprint density at radius 1 is 0.393 bits per heavy atom. The quantitative estimate of drug-likeness (QED) is 0.106. The number of hydrogen-bond donors (Lipinski definition) is 0. The van der Waals surface area contributed by atoms with E-state index in [9.17, 15) is 0 Å². The van der Waals surface area contributed by atoms with Crippen molar-refractivity contribution in [3.05, 3.63) is 219 Å². The minimum atomic E-state index is 0.211. The summed E-state index contributed by atoms with van der Waals surface area (Å²) >= 11 is 0. The first-order chi connectivity index (χ1) is 50.6. The van der Waals surface area contributed by atoms with Crippen LogP contribution in [0.2, 0.25) is 0 Å². The van der Waals surface area contributed by atoms with Gasteiger partial charge in [0.15, 0.2) is 0 Å². The number of methoxy groups -OCH3 is 1. The molecule has 6 aliphatic rings. The van der Waals surface area contributed by atoms with E-state index in [-0.39, 0.29) is 33.2 Å². The highest BCUT2D eigenvalue weighted by atomic mass is 16.5. The second-order valence-electron chi connectivity index (χ2n) is 36.7. The maximum absolute atomic E-state index is 5.78. The summed E-state index contributed by atoms with van der Waals surface area (Å²) in [4.78, 5) is 15.7. The number of nitrogens with zero attached hydrogens (tertiary/aromatic N) is 6. The summed E-state index contributed by atoms with van der Waals surface area (Å²) in [6.45, 7) is 62.0. The van der Waals surface area contributed by atoms with Gasteiger partial charge in [0.25, 0.3) is 0 Å². The molecular formula is C99H146N6O2. The van der Waals surface area contributed by atoms with Gasteiger partial charge in [0.2, 0.25) is 0 Å². The zero-order chi connectivity index (χ0) is 78.5. The highest BCUT2D eigenvalue weighted by Gasteiger charge is 2.40. The molecule has 6 aliphatic heterocycles. The summed E-state index contributed by atoms with van der Waals surface area (Å²) in [7, 11) is 1.76. The lowest BCUT2D eigenvalue weighted by molar-refractivity contribution is 0.119. The third kappa shape index (κ3) is 24.5. The second-order valence-corrected chi connectivity index (χ2v) is 36.7. The second kappa shape index (κ2) is 39.9. The molecule has 0 spiro atoms. The lowest BCUT2D eigenvalue weighted by atomic mass is 9.94. The number of rotatable bonds is 13. The van der Waals surface area contributed by atoms with Gasteiger partial charge in [-0.25, -0.2) is 0 Å². The SMILES string of the molecule is C#Cc1ccccc1C1CCCN1C(C)(C)C.C=Cc1ccccc1C1CCCN1C(C)(C)C.CC(C)=Cc1ccccc1C1CCCN1C(C)(C)C.CC/C=C/c1ccccc1C1CCCN1C(C)(C)C.CCOc1ccccc1C1CCCN1C(C)(C)C.COc1ccccc1C1CCCN1C(C)(C)C. The molecule has 107 heavy (non-hydrogen) atoms. The van der Waals surface area contributed by atoms with Crippen LogP contribution in [-0.2, 0) is 0 Å². The fourth-order valence-corrected chi connectivity index (χ4v) is 17.7. The van der Waals surface area contributed by atoms with E-state index in [2.05, 4.69) is 339 Å². The number of ether oxygens (including phenoxy) is 2. The van der Waals surface area contributed by atoms with Gasteiger partial charge in [0.05, 0.1) is 13.7 Å². The Hall–Kier alpha value is -6.54. The predicted molar refractivity (Wildman–Crippen MR) is 464 cm³/mol. The maximum atomic E-state index is 5.78. The largest absolute Gasteiger partial charge is 0.496 e. The fraction of sp³-hybridized carbons (Fsp3) is 0.556. The molecule has 6 aromatic rings. The molecule has 0 amide bonds. The monoisotopic (exact) mass is 1450 g/mol. The van der Waals surface area contributed by atoms with Crippen molar-refractivity contribution >= 4 is 18.2 Å². The van der Waals surface area contributed by atoms with Crippen molar-refractivity contribution in [2.45, 2.75) is 305 Å². The van der Waals surface area contributed by atoms with Gasteiger partial charge in [-0.05, 0) is 325 Å². The highest BCUT2D eigenvalue weighted by molar-refractivity contribution is 5.58. The molecule has 584 valence electrons. The molecule has 0 radical (unpaired) electrons. The first-order valence-corrected chi connectivity index (χ1v) is 41.3. The van der Waals surface area contributed by atoms with Crippen molar-refractivity contribution in [3.8, 4) is 23.8 Å². The average molecular weight is 1450 g/mol. The van der Waals surface area contributed by atoms with Crippen LogP contribution in [0.25, 0.3) is 18.2 Å². The van der Waals surface area contributed by atoms with Crippen molar-refractivity contribution < 1.29 is 9.47 Å². The molecule has 12 rings (SSSR count). The van der Waals surface area contributed by atoms with Gasteiger partial charge in [0.1, 0.15) is 11.5 Å². The van der Waals surface area contributed by atoms with Gasteiger partial charge < -0.3 is 9.47 Å². The Labute approximate surface area is 654 Å². The van der Waals surface area contributed by atoms with E-state index in [0.29, 0.717) is 36.3 Å². The Morgan fingerprint density at radius 2 is 0.673 bits per heavy atom. The topological polar surface area (TPSA) is 37.9 Å². The molecule has 6 atom stereocenters. The Morgan fingerprint density at radius 3 is 1.01 bits per heavy atom. The Bertz CT molecular complexity index is 3790. The summed E-state index contributed by atoms with van der Waals surface area (Å²) < 4.78 is 11.3. The molecule has 8 nitrogen and oxygen atoms in total. The van der Waals surface area contributed by atoms with Crippen molar-refractivity contribution in [1.82, 2.24) is 29.4 Å². The van der Waals surface area contributed by atoms with Crippen molar-refractivity contribution in [1.29, 1.82) is 0 Å². The number of para-hydroxylation sites is 2. The minimum Gasteiger partial charge on any atom is -0.496 e. The van der Waals surface area contributed by atoms with Crippen LogP contribution in [-0.4, -0.2) is 116 Å². The maximum Gasteiger partial charge on any atom is 0.124 e. The third-order valence-electron chi connectivity index (χ3n) is 22.5. The molecule has 0 bridgehead atoms. The first kappa shape index (κ1) is 87.7. The summed E-state index contributed by atoms with van der Waals surface area (Å²) in [6.07, 6.45) is 30.8. The van der Waals surface area contributed by atoms with Crippen molar-refractivity contribution in [3.63, 3.8) is 0 Å². The standard InChI is InChI=1S/2C18H27N.C16H25NO.C16H23N.C16H21N.C15H23NO/c1-14(2)13-15-9-6-7-10-16(15)17-11-8-12-19(17)18(3,4)5;1-5-6-10-15-11-7-8-12-16(15)17-13-9-14-19(17)18(2,3)4;1-5-18-15-11-7-6-9-13(15)14-10-8-12-17(14)16(2,3)4;2*1-5-13-9-6-7-10-14(13)15-11-8-12-17(15)16(2,3)4;1-15(2,3)16-11-7-9-13(16)12-8-5-6-10-14(12)17-4/h6-7,9-10,13,17H,8,11-12H2,1-5H3;6-8,10-12,17H,5,9,13-14H2,1-4H3;6-7,9,11,14H,5,8,10,12H2,1-4H3;5-7,9-10,15H,1,8,11-12H2,2-4H3;1,6-7,9-10,15H,8,11-12H2,2-4H3;5-6,8,10,13H,7,9,11H2,1-4H3/b;10-6+;;;;. The molecule has 6 heterocycles. The summed E-state index contributed by atoms with van der Waals surface area (Å²) in [5.74, 6) is 4.90. The van der Waals surface area contributed by atoms with E-state index >= 15 is 0 Å². The van der Waals surface area contributed by atoms with Gasteiger partial charge in [-0.1, -0.05) is 177 Å². The molecule has 8 heteroatoms. The van der Waals surface area contributed by atoms with Gasteiger partial charge in [-0.3, -0.25) is 29.4 Å². The van der Waals surface area contributed by atoms with Crippen molar-refractivity contribution in [2.75, 3.05) is 53.0 Å². The van der Waals surface area contributed by atoms with Crippen LogP contribution < -0.4 is 9.47 Å². The van der Waals surface area contributed by atoms with Crippen LogP contribution in [0.4, 0.5) is 0 Å². The van der Waals surface area contributed by atoms with E-state index in [1.165, 1.54) is 172 Å². The van der Waals surface area contributed by atoms with E-state index < -0.39 is 0 Å². The molecule has 6 aromatic carbocycles. The Balaban J connectivity index is 0.000000179. The minimum absolute atomic E-state index is 0.211. The van der Waals surface area contributed by atoms with Gasteiger partial charge in [-0.15, -0.1) is 6.42 Å². The van der Waals surface area contributed by atoms with E-state index in [0.717, 1.165) is 30.1 Å². The Kier molecular flexibility index (Phi) is 32.7. The molecular weight excluding hydrogens is 1310 g/mol. The molecule has 0 saturated carbocycles.